The van der Waals surface area contributed by atoms with E-state index in [1.165, 1.54) is 5.56 Å². The lowest BCUT2D eigenvalue weighted by Crippen LogP contribution is -2.14. The third-order valence-corrected chi connectivity index (χ3v) is 4.12. The average Bonchev–Trinajstić information content (AvgIpc) is 2.91. The van der Waals surface area contributed by atoms with Crippen LogP contribution in [0.5, 0.6) is 0 Å². The lowest BCUT2D eigenvalue weighted by Gasteiger charge is -2.07. The number of carbonyl (C=O) groups excluding carboxylic acids is 1. The van der Waals surface area contributed by atoms with Crippen LogP contribution in [0.1, 0.15) is 36.0 Å². The Balaban J connectivity index is 1.76. The van der Waals surface area contributed by atoms with E-state index >= 15 is 0 Å². The highest BCUT2D eigenvalue weighted by atomic mass is 32.1. The molecule has 0 radical (unpaired) electrons. The van der Waals surface area contributed by atoms with E-state index in [1.807, 2.05) is 25.1 Å². The van der Waals surface area contributed by atoms with E-state index in [1.54, 1.807) is 11.3 Å². The summed E-state index contributed by atoms with van der Waals surface area (Å²) in [5, 5.41) is 9.39. The van der Waals surface area contributed by atoms with Gasteiger partial charge in [-0.1, -0.05) is 19.1 Å². The van der Waals surface area contributed by atoms with Gasteiger partial charge in [-0.25, -0.2) is 4.98 Å². The maximum Gasteiger partial charge on any atom is 0.224 e. The summed E-state index contributed by atoms with van der Waals surface area (Å²) in [6, 6.07) is 7.98. The molecule has 4 nitrogen and oxygen atoms in total. The Kier molecular flexibility index (Phi) is 6.55. The molecule has 0 saturated carbocycles. The van der Waals surface area contributed by atoms with Gasteiger partial charge in [0.05, 0.1) is 10.7 Å². The molecule has 0 saturated heterocycles. The number of hydrogen-bond donors (Lipinski definition) is 2. The molecule has 118 valence electrons. The number of amides is 1. The smallest absolute Gasteiger partial charge is 0.224 e. The van der Waals surface area contributed by atoms with Crippen molar-refractivity contribution in [1.82, 2.24) is 10.3 Å². The molecule has 0 spiro atoms. The molecular weight excluding hydrogens is 294 g/mol. The van der Waals surface area contributed by atoms with Crippen LogP contribution in [0.25, 0.3) is 0 Å². The molecule has 0 aliphatic carbocycles. The molecule has 0 aliphatic rings. The van der Waals surface area contributed by atoms with Gasteiger partial charge < -0.3 is 10.6 Å². The SMILES string of the molecule is CCNCc1cccc(NC(=O)CCCc2csc(C)n2)c1. The number of anilines is 1. The second-order valence-corrected chi connectivity index (χ2v) is 6.30. The fraction of sp³-hybridized carbons (Fsp3) is 0.412. The predicted octanol–water partition coefficient (Wildman–Crippen LogP) is 3.52. The highest BCUT2D eigenvalue weighted by Gasteiger charge is 2.05. The van der Waals surface area contributed by atoms with Gasteiger partial charge in [0.2, 0.25) is 5.91 Å². The third kappa shape index (κ3) is 5.58. The number of carbonyl (C=O) groups is 1. The Hall–Kier alpha value is -1.72. The molecule has 1 aromatic carbocycles. The first kappa shape index (κ1) is 16.6. The summed E-state index contributed by atoms with van der Waals surface area (Å²) in [4.78, 5) is 16.4. The van der Waals surface area contributed by atoms with Crippen molar-refractivity contribution in [1.29, 1.82) is 0 Å². The van der Waals surface area contributed by atoms with E-state index in [0.717, 1.165) is 42.3 Å². The highest BCUT2D eigenvalue weighted by Crippen LogP contribution is 2.13. The van der Waals surface area contributed by atoms with Crippen LogP contribution >= 0.6 is 11.3 Å². The van der Waals surface area contributed by atoms with Crippen LogP contribution in [0, 0.1) is 6.92 Å². The van der Waals surface area contributed by atoms with Gasteiger partial charge in [0.15, 0.2) is 0 Å². The summed E-state index contributed by atoms with van der Waals surface area (Å²) in [5.41, 5.74) is 3.13. The number of rotatable bonds is 8. The van der Waals surface area contributed by atoms with Crippen molar-refractivity contribution in [2.45, 2.75) is 39.7 Å². The number of aryl methyl sites for hydroxylation is 2. The minimum absolute atomic E-state index is 0.0625. The minimum Gasteiger partial charge on any atom is -0.326 e. The molecule has 0 atom stereocenters. The summed E-state index contributed by atoms with van der Waals surface area (Å²) >= 11 is 1.66. The molecular formula is C17H23N3OS. The second kappa shape index (κ2) is 8.66. The first-order valence-corrected chi connectivity index (χ1v) is 8.56. The monoisotopic (exact) mass is 317 g/mol. The summed E-state index contributed by atoms with van der Waals surface area (Å²) in [6.45, 7) is 5.84. The van der Waals surface area contributed by atoms with Crippen molar-refractivity contribution in [3.63, 3.8) is 0 Å². The molecule has 1 aromatic heterocycles. The van der Waals surface area contributed by atoms with Crippen molar-refractivity contribution in [3.05, 3.63) is 45.9 Å². The summed E-state index contributed by atoms with van der Waals surface area (Å²) in [7, 11) is 0. The van der Waals surface area contributed by atoms with Crippen LogP contribution in [0.15, 0.2) is 29.6 Å². The normalized spacial score (nSPS) is 10.6. The molecule has 2 rings (SSSR count). The van der Waals surface area contributed by atoms with E-state index < -0.39 is 0 Å². The number of nitrogens with one attached hydrogen (secondary N) is 2. The number of nitrogens with zero attached hydrogens (tertiary/aromatic N) is 1. The summed E-state index contributed by atoms with van der Waals surface area (Å²) in [6.07, 6.45) is 2.21. The lowest BCUT2D eigenvalue weighted by atomic mass is 10.1. The van der Waals surface area contributed by atoms with Crippen LogP contribution < -0.4 is 10.6 Å². The maximum atomic E-state index is 12.0. The Bertz CT molecular complexity index is 609. The van der Waals surface area contributed by atoms with Crippen molar-refractivity contribution in [3.8, 4) is 0 Å². The fourth-order valence-electron chi connectivity index (χ4n) is 2.20. The van der Waals surface area contributed by atoms with Gasteiger partial charge in [-0.3, -0.25) is 4.79 Å². The van der Waals surface area contributed by atoms with Gasteiger partial charge in [-0.2, -0.15) is 0 Å². The maximum absolute atomic E-state index is 12.0. The van der Waals surface area contributed by atoms with Gasteiger partial charge in [0.1, 0.15) is 0 Å². The molecule has 22 heavy (non-hydrogen) atoms. The summed E-state index contributed by atoms with van der Waals surface area (Å²) in [5.74, 6) is 0.0625. The van der Waals surface area contributed by atoms with Gasteiger partial charge in [0, 0.05) is 24.0 Å². The first-order valence-electron chi connectivity index (χ1n) is 7.68. The molecule has 0 aliphatic heterocycles. The van der Waals surface area contributed by atoms with Crippen LogP contribution in [0.4, 0.5) is 5.69 Å². The van der Waals surface area contributed by atoms with Crippen LogP contribution in [0.2, 0.25) is 0 Å². The quantitative estimate of drug-likeness (QED) is 0.783. The second-order valence-electron chi connectivity index (χ2n) is 5.24. The molecule has 1 heterocycles. The molecule has 2 N–H and O–H groups in total. The Morgan fingerprint density at radius 2 is 2.23 bits per heavy atom. The Morgan fingerprint density at radius 3 is 2.95 bits per heavy atom. The van der Waals surface area contributed by atoms with E-state index in [0.29, 0.717) is 6.42 Å². The zero-order valence-electron chi connectivity index (χ0n) is 13.2. The summed E-state index contributed by atoms with van der Waals surface area (Å²) < 4.78 is 0. The van der Waals surface area contributed by atoms with Crippen molar-refractivity contribution >= 4 is 22.9 Å². The van der Waals surface area contributed by atoms with Gasteiger partial charge in [0.25, 0.3) is 0 Å². The van der Waals surface area contributed by atoms with Crippen molar-refractivity contribution in [2.75, 3.05) is 11.9 Å². The zero-order valence-corrected chi connectivity index (χ0v) is 14.0. The highest BCUT2D eigenvalue weighted by molar-refractivity contribution is 7.09. The van der Waals surface area contributed by atoms with Gasteiger partial charge >= 0.3 is 0 Å². The third-order valence-electron chi connectivity index (χ3n) is 3.29. The molecule has 0 bridgehead atoms. The largest absolute Gasteiger partial charge is 0.326 e. The Morgan fingerprint density at radius 1 is 1.36 bits per heavy atom. The van der Waals surface area contributed by atoms with E-state index in [9.17, 15) is 4.79 Å². The van der Waals surface area contributed by atoms with Crippen molar-refractivity contribution < 1.29 is 4.79 Å². The topological polar surface area (TPSA) is 54.0 Å². The molecule has 5 heteroatoms. The number of hydrogen-bond acceptors (Lipinski definition) is 4. The molecule has 2 aromatic rings. The molecule has 0 unspecified atom stereocenters. The Labute approximate surface area is 136 Å². The standard InChI is InChI=1S/C17H23N3OS/c1-3-18-11-14-6-4-7-15(10-14)20-17(21)9-5-8-16-12-22-13(2)19-16/h4,6-7,10,12,18H,3,5,8-9,11H2,1-2H3,(H,20,21). The minimum atomic E-state index is 0.0625. The van der Waals surface area contributed by atoms with Gasteiger partial charge in [-0.15, -0.1) is 11.3 Å². The number of aromatic nitrogens is 1. The van der Waals surface area contributed by atoms with E-state index in [4.69, 9.17) is 0 Å². The molecule has 1 amide bonds. The number of thiazole rings is 1. The van der Waals surface area contributed by atoms with Crippen LogP contribution in [-0.2, 0) is 17.8 Å². The average molecular weight is 317 g/mol. The zero-order chi connectivity index (χ0) is 15.8. The lowest BCUT2D eigenvalue weighted by molar-refractivity contribution is -0.116. The van der Waals surface area contributed by atoms with Crippen LogP contribution in [0.3, 0.4) is 0 Å². The van der Waals surface area contributed by atoms with Crippen molar-refractivity contribution in [2.24, 2.45) is 0 Å². The predicted molar refractivity (Wildman–Crippen MR) is 92.2 cm³/mol. The van der Waals surface area contributed by atoms with E-state index in [-0.39, 0.29) is 5.91 Å². The fourth-order valence-corrected chi connectivity index (χ4v) is 2.85. The molecule has 0 fully saturated rings. The number of benzene rings is 1. The van der Waals surface area contributed by atoms with E-state index in [2.05, 4.69) is 34.0 Å². The van der Waals surface area contributed by atoms with Crippen LogP contribution in [-0.4, -0.2) is 17.4 Å². The first-order chi connectivity index (χ1) is 10.7. The van der Waals surface area contributed by atoms with Gasteiger partial charge in [-0.05, 0) is 44.0 Å².